The number of carboxylic acids is 1. The van der Waals surface area contributed by atoms with Crippen LogP contribution in [-0.4, -0.2) is 72.7 Å². The fourth-order valence-corrected chi connectivity index (χ4v) is 6.15. The highest BCUT2D eigenvalue weighted by molar-refractivity contribution is 6.60. The van der Waals surface area contributed by atoms with Crippen LogP contribution in [0.3, 0.4) is 0 Å². The monoisotopic (exact) mass is 541 g/mol. The first-order valence-electron chi connectivity index (χ1n) is 12.9. The Balaban J connectivity index is 2.17. The molecule has 0 fully saturated rings. The summed E-state index contributed by atoms with van der Waals surface area (Å²) in [7, 11) is -1.16. The van der Waals surface area contributed by atoms with E-state index >= 15 is 0 Å². The number of nitrogens with one attached hydrogen (secondary N) is 1. The average molecular weight is 542 g/mol. The number of carboxylic acid groups (broad SMARTS) is 1. The number of hydrogen-bond acceptors (Lipinski definition) is 8. The van der Waals surface area contributed by atoms with Crippen LogP contribution in [0.25, 0.3) is 6.08 Å². The lowest BCUT2D eigenvalue weighted by molar-refractivity contribution is -0.131. The van der Waals surface area contributed by atoms with Crippen LogP contribution in [0.5, 0.6) is 11.5 Å². The maximum Gasteiger partial charge on any atom is 0.500 e. The average Bonchev–Trinajstić information content (AvgIpc) is 2.87. The molecule has 37 heavy (non-hydrogen) atoms. The molecule has 210 valence electrons. The molecule has 11 heteroatoms. The first-order valence-corrected chi connectivity index (χ1v) is 14.9. The van der Waals surface area contributed by atoms with Gasteiger partial charge in [-0.05, 0) is 71.1 Å². The molecule has 0 unspecified atom stereocenters. The maximum absolute atomic E-state index is 11.9. The summed E-state index contributed by atoms with van der Waals surface area (Å²) < 4.78 is 33.7. The maximum atomic E-state index is 11.9. The zero-order valence-electron chi connectivity index (χ0n) is 22.6. The van der Waals surface area contributed by atoms with E-state index in [9.17, 15) is 9.59 Å². The molecular weight excluding hydrogens is 498 g/mol. The van der Waals surface area contributed by atoms with Gasteiger partial charge in [0.15, 0.2) is 0 Å². The first kappa shape index (κ1) is 32.4. The predicted octanol–water partition coefficient (Wildman–Crippen LogP) is 4.90. The van der Waals surface area contributed by atoms with Gasteiger partial charge in [0.1, 0.15) is 11.5 Å². The lowest BCUT2D eigenvalue weighted by Gasteiger charge is -2.28. The molecule has 0 spiro atoms. The van der Waals surface area contributed by atoms with Gasteiger partial charge in [0, 0.05) is 50.1 Å². The van der Waals surface area contributed by atoms with Crippen LogP contribution in [0.1, 0.15) is 58.4 Å². The number of aliphatic carboxylic acids is 1. The van der Waals surface area contributed by atoms with Crippen LogP contribution >= 0.6 is 0 Å². The number of carbonyl (C=O) groups excluding carboxylic acids is 1. The van der Waals surface area contributed by atoms with E-state index in [1.807, 2.05) is 20.8 Å². The Morgan fingerprint density at radius 1 is 0.946 bits per heavy atom. The van der Waals surface area contributed by atoms with Crippen molar-refractivity contribution in [2.75, 3.05) is 46.7 Å². The molecule has 10 nitrogen and oxygen atoms in total. The largest absolute Gasteiger partial charge is 0.500 e. The number of ether oxygens (including phenoxy) is 3. The number of carbonyl (C=O) groups is 2. The topological polar surface area (TPSA) is 122 Å². The Bertz CT molecular complexity index is 802. The standard InChI is InChI=1S/C26H43NO9Si/c1-5-34-37(35-6-2,36-7-3)20-12-17-27-26(30)33-19-11-9-8-10-18-32-23-15-13-22(14-16-25(28)29)24(21-23)31-4/h13-16,21H,5-12,17-20H2,1-4H3,(H,27,30)(H,28,29)/b16-14+. The number of amides is 1. The minimum atomic E-state index is -2.68. The Morgan fingerprint density at radius 2 is 1.59 bits per heavy atom. The molecule has 0 heterocycles. The summed E-state index contributed by atoms with van der Waals surface area (Å²) in [6.45, 7) is 8.74. The molecule has 1 rings (SSSR count). The van der Waals surface area contributed by atoms with Crippen LogP contribution < -0.4 is 14.8 Å². The number of rotatable bonds is 21. The van der Waals surface area contributed by atoms with Crippen molar-refractivity contribution in [1.82, 2.24) is 5.32 Å². The van der Waals surface area contributed by atoms with E-state index in [1.165, 1.54) is 13.2 Å². The quantitative estimate of drug-likeness (QED) is 0.127. The molecule has 2 N–H and O–H groups in total. The third kappa shape index (κ3) is 14.1. The Morgan fingerprint density at radius 3 is 2.19 bits per heavy atom. The molecule has 0 aromatic heterocycles. The van der Waals surface area contributed by atoms with Crippen LogP contribution in [0.2, 0.25) is 6.04 Å². The molecule has 0 radical (unpaired) electrons. The molecular formula is C26H43NO9Si. The summed E-state index contributed by atoms with van der Waals surface area (Å²) in [5.74, 6) is 0.188. The number of unbranched alkanes of at least 4 members (excludes halogenated alkanes) is 3. The van der Waals surface area contributed by atoms with Crippen molar-refractivity contribution in [2.45, 2.75) is 58.9 Å². The van der Waals surface area contributed by atoms with Crippen LogP contribution in [0.15, 0.2) is 24.3 Å². The highest BCUT2D eigenvalue weighted by Gasteiger charge is 2.39. The van der Waals surface area contributed by atoms with Crippen molar-refractivity contribution >= 4 is 26.9 Å². The van der Waals surface area contributed by atoms with Crippen LogP contribution in [0.4, 0.5) is 4.79 Å². The van der Waals surface area contributed by atoms with Gasteiger partial charge < -0.3 is 37.9 Å². The summed E-state index contributed by atoms with van der Waals surface area (Å²) in [5.41, 5.74) is 0.665. The summed E-state index contributed by atoms with van der Waals surface area (Å²) in [5, 5.41) is 11.5. The molecule has 1 amide bonds. The highest BCUT2D eigenvalue weighted by atomic mass is 28.4. The van der Waals surface area contributed by atoms with Crippen LogP contribution in [-0.2, 0) is 22.8 Å². The molecule has 0 atom stereocenters. The first-order chi connectivity index (χ1) is 17.9. The normalized spacial score (nSPS) is 11.5. The Labute approximate surface area is 221 Å². The van der Waals surface area contributed by atoms with Crippen molar-refractivity contribution in [1.29, 1.82) is 0 Å². The minimum absolute atomic E-state index is 0.366. The number of benzene rings is 1. The van der Waals surface area contributed by atoms with Crippen molar-refractivity contribution in [3.8, 4) is 11.5 Å². The zero-order valence-corrected chi connectivity index (χ0v) is 23.6. The highest BCUT2D eigenvalue weighted by Crippen LogP contribution is 2.26. The Hall–Kier alpha value is -2.60. The summed E-state index contributed by atoms with van der Waals surface area (Å²) in [6.07, 6.45) is 6.32. The fraction of sp³-hybridized carbons (Fsp3) is 0.615. The van der Waals surface area contributed by atoms with E-state index < -0.39 is 20.9 Å². The summed E-state index contributed by atoms with van der Waals surface area (Å²) in [6, 6.07) is 5.92. The van der Waals surface area contributed by atoms with Crippen molar-refractivity contribution < 1.29 is 42.2 Å². The minimum Gasteiger partial charge on any atom is -0.496 e. The predicted molar refractivity (Wildman–Crippen MR) is 143 cm³/mol. The van der Waals surface area contributed by atoms with Gasteiger partial charge in [-0.25, -0.2) is 9.59 Å². The van der Waals surface area contributed by atoms with Gasteiger partial charge in [0.2, 0.25) is 0 Å². The summed E-state index contributed by atoms with van der Waals surface area (Å²) >= 11 is 0. The molecule has 0 aliphatic carbocycles. The SMILES string of the molecule is CCO[Si](CCCNC(=O)OCCCCCCOc1ccc(/C=C/C(=O)O)c(OC)c1)(OCC)OCC. The van der Waals surface area contributed by atoms with Gasteiger partial charge in [0.25, 0.3) is 0 Å². The Kier molecular flexibility index (Phi) is 17.1. The third-order valence-corrected chi connectivity index (χ3v) is 8.32. The van der Waals surface area contributed by atoms with Gasteiger partial charge in [-0.3, -0.25) is 0 Å². The summed E-state index contributed by atoms with van der Waals surface area (Å²) in [4.78, 5) is 22.6. The van der Waals surface area contributed by atoms with E-state index in [2.05, 4.69) is 5.32 Å². The molecule has 0 aliphatic rings. The lowest BCUT2D eigenvalue weighted by atomic mass is 10.1. The molecule has 1 aromatic carbocycles. The number of hydrogen-bond donors (Lipinski definition) is 2. The van der Waals surface area contributed by atoms with Crippen molar-refractivity contribution in [3.05, 3.63) is 29.8 Å². The third-order valence-electron chi connectivity index (χ3n) is 5.17. The second-order valence-corrected chi connectivity index (χ2v) is 10.7. The molecule has 0 saturated heterocycles. The molecule has 0 saturated carbocycles. The van der Waals surface area contributed by atoms with Gasteiger partial charge in [-0.2, -0.15) is 0 Å². The van der Waals surface area contributed by atoms with Crippen molar-refractivity contribution in [3.63, 3.8) is 0 Å². The number of alkyl carbamates (subject to hydrolysis) is 1. The van der Waals surface area contributed by atoms with E-state index in [0.29, 0.717) is 69.1 Å². The molecule has 0 bridgehead atoms. The smallest absolute Gasteiger partial charge is 0.496 e. The van der Waals surface area contributed by atoms with Crippen LogP contribution in [0, 0.1) is 0 Å². The zero-order chi connectivity index (χ0) is 27.4. The van der Waals surface area contributed by atoms with E-state index in [4.69, 9.17) is 32.6 Å². The van der Waals surface area contributed by atoms with Gasteiger partial charge in [0.05, 0.1) is 20.3 Å². The van der Waals surface area contributed by atoms with E-state index in [0.717, 1.165) is 31.8 Å². The second kappa shape index (κ2) is 19.5. The number of methoxy groups -OCH3 is 1. The molecule has 1 aromatic rings. The lowest BCUT2D eigenvalue weighted by Crippen LogP contribution is -2.46. The molecule has 0 aliphatic heterocycles. The van der Waals surface area contributed by atoms with Gasteiger partial charge in [-0.15, -0.1) is 0 Å². The van der Waals surface area contributed by atoms with Gasteiger partial charge >= 0.3 is 20.9 Å². The fourth-order valence-electron chi connectivity index (χ4n) is 3.54. The second-order valence-electron chi connectivity index (χ2n) is 7.99. The van der Waals surface area contributed by atoms with E-state index in [1.54, 1.807) is 18.2 Å². The van der Waals surface area contributed by atoms with Gasteiger partial charge in [-0.1, -0.05) is 0 Å². The van der Waals surface area contributed by atoms with E-state index in [-0.39, 0.29) is 0 Å². The van der Waals surface area contributed by atoms with Crippen molar-refractivity contribution in [2.24, 2.45) is 0 Å².